The molecule has 26 heavy (non-hydrogen) atoms. The van der Waals surface area contributed by atoms with Crippen molar-refractivity contribution in [3.05, 3.63) is 55.8 Å². The van der Waals surface area contributed by atoms with Crippen molar-refractivity contribution >= 4 is 44.0 Å². The van der Waals surface area contributed by atoms with E-state index in [1.807, 2.05) is 19.1 Å². The lowest BCUT2D eigenvalue weighted by Crippen LogP contribution is -2.20. The van der Waals surface area contributed by atoms with E-state index in [-0.39, 0.29) is 11.4 Å². The maximum Gasteiger partial charge on any atom is 0.365 e. The molecule has 0 aliphatic carbocycles. The summed E-state index contributed by atoms with van der Waals surface area (Å²) in [6.07, 6.45) is 0. The number of tetrazole rings is 1. The topological polar surface area (TPSA) is 136 Å². The van der Waals surface area contributed by atoms with Gasteiger partial charge in [-0.15, -0.1) is 0 Å². The number of nitrogens with two attached hydrogens (primary N) is 1. The van der Waals surface area contributed by atoms with Crippen LogP contribution in [0.3, 0.4) is 0 Å². The van der Waals surface area contributed by atoms with Crippen molar-refractivity contribution in [1.82, 2.24) is 20.2 Å². The van der Waals surface area contributed by atoms with Crippen LogP contribution in [0.15, 0.2) is 40.0 Å². The molecule has 0 aliphatic rings. The molecule has 3 rings (SSSR count). The number of sulfonamides is 1. The van der Waals surface area contributed by atoms with E-state index in [0.717, 1.165) is 25.9 Å². The number of rotatable bonds is 4. The first-order valence-electron chi connectivity index (χ1n) is 7.07. The summed E-state index contributed by atoms with van der Waals surface area (Å²) in [4.78, 5) is 11.1. The Labute approximate surface area is 160 Å². The molecule has 0 saturated carbocycles. The van der Waals surface area contributed by atoms with E-state index >= 15 is 0 Å². The van der Waals surface area contributed by atoms with Crippen molar-refractivity contribution in [2.24, 2.45) is 5.14 Å². The predicted molar refractivity (Wildman–Crippen MR) is 100 cm³/mol. The van der Waals surface area contributed by atoms with Gasteiger partial charge in [-0.2, -0.15) is 4.68 Å². The first-order valence-corrected chi connectivity index (χ1v) is 9.69. The van der Waals surface area contributed by atoms with Crippen LogP contribution in [0.2, 0.25) is 0 Å². The fraction of sp³-hybridized carbons (Fsp3) is 0.0714. The Morgan fingerprint density at radius 3 is 2.58 bits per heavy atom. The zero-order valence-electron chi connectivity index (χ0n) is 13.2. The third-order valence-electron chi connectivity index (χ3n) is 3.51. The average Bonchev–Trinajstić information content (AvgIpc) is 2.95. The van der Waals surface area contributed by atoms with Gasteiger partial charge in [0.2, 0.25) is 10.0 Å². The molecule has 12 heteroatoms. The molecule has 0 unspecified atom stereocenters. The smallest absolute Gasteiger partial charge is 0.353 e. The number of nitrogens with one attached hydrogen (secondary N) is 2. The highest BCUT2D eigenvalue weighted by Crippen LogP contribution is 2.29. The van der Waals surface area contributed by atoms with Crippen molar-refractivity contribution in [2.75, 3.05) is 5.32 Å². The molecule has 136 valence electrons. The van der Waals surface area contributed by atoms with Gasteiger partial charge in [0.25, 0.3) is 0 Å². The van der Waals surface area contributed by atoms with Crippen molar-refractivity contribution in [3.8, 4) is 5.69 Å². The first kappa shape index (κ1) is 18.5. The van der Waals surface area contributed by atoms with E-state index in [1.54, 1.807) is 6.07 Å². The van der Waals surface area contributed by atoms with Crippen LogP contribution in [0.1, 0.15) is 5.56 Å². The highest BCUT2D eigenvalue weighted by atomic mass is 127. The van der Waals surface area contributed by atoms with Crippen LogP contribution in [0.5, 0.6) is 0 Å². The zero-order chi connectivity index (χ0) is 19.1. The summed E-state index contributed by atoms with van der Waals surface area (Å²) < 4.78 is 39.3. The summed E-state index contributed by atoms with van der Waals surface area (Å²) in [5, 5.41) is 17.1. The zero-order valence-corrected chi connectivity index (χ0v) is 16.2. The molecule has 0 fully saturated rings. The van der Waals surface area contributed by atoms with E-state index in [4.69, 9.17) is 5.14 Å². The number of nitrogens with zero attached hydrogens (tertiary/aromatic N) is 3. The van der Waals surface area contributed by atoms with E-state index in [0.29, 0.717) is 5.69 Å². The number of aromatic nitrogens is 4. The molecule has 0 saturated heterocycles. The van der Waals surface area contributed by atoms with Crippen molar-refractivity contribution in [1.29, 1.82) is 0 Å². The van der Waals surface area contributed by atoms with Gasteiger partial charge in [-0.1, -0.05) is 0 Å². The molecule has 0 spiro atoms. The van der Waals surface area contributed by atoms with Gasteiger partial charge in [0.15, 0.2) is 0 Å². The van der Waals surface area contributed by atoms with Crippen LogP contribution in [0.25, 0.3) is 5.69 Å². The number of H-pyrrole nitrogens is 1. The molecule has 1 heterocycles. The number of anilines is 2. The number of hydrogen-bond donors (Lipinski definition) is 3. The molecule has 1 aromatic heterocycles. The Kier molecular flexibility index (Phi) is 4.81. The lowest BCUT2D eigenvalue weighted by atomic mass is 10.2. The minimum Gasteiger partial charge on any atom is -0.353 e. The number of aromatic amines is 1. The number of primary sulfonamides is 1. The standard InChI is InChI=1S/C14H12FIN6O3S/c1-7-4-8(16)2-3-10(7)18-11-5-9(15)13(26(17,24)25)6-12(11)22-14(23)19-20-21-22/h2-6,18H,1H3,(H2,17,24,25)(H,19,21,23). The normalized spacial score (nSPS) is 11.5. The second-order valence-corrected chi connectivity index (χ2v) is 8.12. The quantitative estimate of drug-likeness (QED) is 0.474. The molecule has 3 aromatic rings. The fourth-order valence-corrected chi connectivity index (χ4v) is 3.56. The summed E-state index contributed by atoms with van der Waals surface area (Å²) in [7, 11) is -4.34. The molecule has 0 amide bonds. The van der Waals surface area contributed by atoms with Crippen LogP contribution >= 0.6 is 22.6 Å². The summed E-state index contributed by atoms with van der Waals surface area (Å²) in [6, 6.07) is 7.39. The largest absolute Gasteiger partial charge is 0.365 e. The van der Waals surface area contributed by atoms with Crippen LogP contribution in [-0.4, -0.2) is 28.6 Å². The van der Waals surface area contributed by atoms with E-state index < -0.39 is 26.4 Å². The summed E-state index contributed by atoms with van der Waals surface area (Å²) in [5.41, 5.74) is 0.888. The third kappa shape index (κ3) is 3.61. The number of hydrogen-bond acceptors (Lipinski definition) is 6. The molecule has 4 N–H and O–H groups in total. The first-order chi connectivity index (χ1) is 12.2. The Hall–Kier alpha value is -2.32. The van der Waals surface area contributed by atoms with Crippen molar-refractivity contribution in [3.63, 3.8) is 0 Å². The maximum absolute atomic E-state index is 14.3. The lowest BCUT2D eigenvalue weighted by Gasteiger charge is -2.15. The monoisotopic (exact) mass is 490 g/mol. The van der Waals surface area contributed by atoms with Gasteiger partial charge in [0.1, 0.15) is 10.7 Å². The van der Waals surface area contributed by atoms with Crippen LogP contribution in [-0.2, 0) is 10.0 Å². The van der Waals surface area contributed by atoms with Crippen molar-refractivity contribution in [2.45, 2.75) is 11.8 Å². The Morgan fingerprint density at radius 1 is 1.27 bits per heavy atom. The Balaban J connectivity index is 2.22. The van der Waals surface area contributed by atoms with E-state index in [9.17, 15) is 17.6 Å². The second kappa shape index (κ2) is 6.77. The van der Waals surface area contributed by atoms with E-state index in [1.165, 1.54) is 0 Å². The van der Waals surface area contributed by atoms with Gasteiger partial charge in [0, 0.05) is 15.3 Å². The minimum atomic E-state index is -4.34. The highest BCUT2D eigenvalue weighted by molar-refractivity contribution is 14.1. The van der Waals surface area contributed by atoms with Gasteiger partial charge in [-0.3, -0.25) is 0 Å². The molecule has 9 nitrogen and oxygen atoms in total. The third-order valence-corrected chi connectivity index (χ3v) is 5.11. The molecule has 0 atom stereocenters. The second-order valence-electron chi connectivity index (χ2n) is 5.35. The van der Waals surface area contributed by atoms with Crippen LogP contribution < -0.4 is 16.1 Å². The van der Waals surface area contributed by atoms with Gasteiger partial charge in [0.05, 0.1) is 11.4 Å². The number of aryl methyl sites for hydroxylation is 1. The molecule has 0 radical (unpaired) electrons. The molecule has 0 bridgehead atoms. The maximum atomic E-state index is 14.3. The number of halogens is 2. The number of benzene rings is 2. The summed E-state index contributed by atoms with van der Waals surface area (Å²) in [6.45, 7) is 1.85. The highest BCUT2D eigenvalue weighted by Gasteiger charge is 2.21. The summed E-state index contributed by atoms with van der Waals surface area (Å²) in [5.74, 6) is -1.06. The van der Waals surface area contributed by atoms with E-state index in [2.05, 4.69) is 43.4 Å². The van der Waals surface area contributed by atoms with Crippen LogP contribution in [0.4, 0.5) is 15.8 Å². The summed E-state index contributed by atoms with van der Waals surface area (Å²) >= 11 is 2.15. The Bertz CT molecular complexity index is 1160. The van der Waals surface area contributed by atoms with Gasteiger partial charge < -0.3 is 5.32 Å². The minimum absolute atomic E-state index is 0.0212. The SMILES string of the molecule is Cc1cc(I)ccc1Nc1cc(F)c(S(N)(=O)=O)cc1-n1nn[nH]c1=O. The molecular weight excluding hydrogens is 478 g/mol. The van der Waals surface area contributed by atoms with Gasteiger partial charge >= 0.3 is 5.69 Å². The average molecular weight is 490 g/mol. The Morgan fingerprint density at radius 2 is 2.00 bits per heavy atom. The fourth-order valence-electron chi connectivity index (χ4n) is 2.30. The van der Waals surface area contributed by atoms with Gasteiger partial charge in [-0.05, 0) is 69.8 Å². The molecular formula is C14H12FIN6O3S. The molecule has 2 aromatic carbocycles. The van der Waals surface area contributed by atoms with Gasteiger partial charge in [-0.25, -0.2) is 27.8 Å². The van der Waals surface area contributed by atoms with Crippen LogP contribution in [0, 0.1) is 16.3 Å². The van der Waals surface area contributed by atoms with Crippen molar-refractivity contribution < 1.29 is 12.8 Å². The molecule has 0 aliphatic heterocycles. The lowest BCUT2D eigenvalue weighted by molar-refractivity contribution is 0.567. The predicted octanol–water partition coefficient (Wildman–Crippen LogP) is 1.40.